The minimum atomic E-state index is 0.166. The lowest BCUT2D eigenvalue weighted by atomic mass is 9.93. The summed E-state index contributed by atoms with van der Waals surface area (Å²) in [4.78, 5) is 22.5. The number of piperidine rings is 1. The number of carbonyl (C=O) groups is 1. The summed E-state index contributed by atoms with van der Waals surface area (Å²) in [5.74, 6) is 0.633. The molecule has 1 saturated heterocycles. The zero-order valence-electron chi connectivity index (χ0n) is 13.1. The number of aryl methyl sites for hydroxylation is 1. The van der Waals surface area contributed by atoms with Crippen molar-refractivity contribution in [3.05, 3.63) is 30.4 Å². The third kappa shape index (κ3) is 3.16. The van der Waals surface area contributed by atoms with Crippen LogP contribution in [-0.4, -0.2) is 43.6 Å². The summed E-state index contributed by atoms with van der Waals surface area (Å²) in [5, 5.41) is 4.17. The summed E-state index contributed by atoms with van der Waals surface area (Å²) in [6.45, 7) is 3.35. The first-order valence-corrected chi connectivity index (χ1v) is 7.68. The molecular weight excluding hydrogens is 278 g/mol. The van der Waals surface area contributed by atoms with Gasteiger partial charge in [0.2, 0.25) is 5.91 Å². The Bertz CT molecular complexity index is 666. The number of likely N-dealkylation sites (tertiary alicyclic amines) is 1. The fourth-order valence-electron chi connectivity index (χ4n) is 3.07. The summed E-state index contributed by atoms with van der Waals surface area (Å²) in [6, 6.07) is 1.94. The molecule has 0 aromatic carbocycles. The standard InChI is InChI=1S/C16H21N5O/c1-12(22)21-7-3-4-13(11-21)8-14-9-17-10-15(19-14)16-5-6-18-20(16)2/h5-6,9-10,13H,3-4,7-8,11H2,1-2H3/t13-/m1/s1. The van der Waals surface area contributed by atoms with Gasteiger partial charge in [0.1, 0.15) is 5.69 Å². The van der Waals surface area contributed by atoms with Crippen molar-refractivity contribution < 1.29 is 4.79 Å². The lowest BCUT2D eigenvalue weighted by Crippen LogP contribution is -2.39. The zero-order valence-corrected chi connectivity index (χ0v) is 13.1. The summed E-state index contributed by atoms with van der Waals surface area (Å²) < 4.78 is 1.80. The van der Waals surface area contributed by atoms with Crippen LogP contribution in [0, 0.1) is 5.92 Å². The highest BCUT2D eigenvalue weighted by atomic mass is 16.2. The van der Waals surface area contributed by atoms with Gasteiger partial charge in [-0.2, -0.15) is 5.10 Å². The van der Waals surface area contributed by atoms with Crippen LogP contribution in [0.5, 0.6) is 0 Å². The van der Waals surface area contributed by atoms with Gasteiger partial charge in [0.25, 0.3) is 0 Å². The van der Waals surface area contributed by atoms with Gasteiger partial charge in [0, 0.05) is 39.5 Å². The Morgan fingerprint density at radius 3 is 3.00 bits per heavy atom. The molecular formula is C16H21N5O. The van der Waals surface area contributed by atoms with E-state index in [-0.39, 0.29) is 5.91 Å². The number of aromatic nitrogens is 4. The van der Waals surface area contributed by atoms with Crippen LogP contribution in [-0.2, 0) is 18.3 Å². The quantitative estimate of drug-likeness (QED) is 0.865. The van der Waals surface area contributed by atoms with Crippen LogP contribution in [0.15, 0.2) is 24.7 Å². The van der Waals surface area contributed by atoms with Crippen LogP contribution < -0.4 is 0 Å². The van der Waals surface area contributed by atoms with Gasteiger partial charge in [0.15, 0.2) is 0 Å². The highest BCUT2D eigenvalue weighted by Crippen LogP contribution is 2.21. The van der Waals surface area contributed by atoms with E-state index >= 15 is 0 Å². The van der Waals surface area contributed by atoms with Crippen molar-refractivity contribution in [1.82, 2.24) is 24.6 Å². The molecule has 0 bridgehead atoms. The Morgan fingerprint density at radius 1 is 1.41 bits per heavy atom. The van der Waals surface area contributed by atoms with Gasteiger partial charge in [0.05, 0.1) is 17.6 Å². The molecule has 6 heteroatoms. The molecule has 0 aliphatic carbocycles. The second-order valence-corrected chi connectivity index (χ2v) is 5.91. The fourth-order valence-corrected chi connectivity index (χ4v) is 3.07. The van der Waals surface area contributed by atoms with Crippen LogP contribution >= 0.6 is 0 Å². The molecule has 0 radical (unpaired) electrons. The average molecular weight is 299 g/mol. The number of nitrogens with zero attached hydrogens (tertiary/aromatic N) is 5. The number of hydrogen-bond acceptors (Lipinski definition) is 4. The maximum absolute atomic E-state index is 11.5. The Hall–Kier alpha value is -2.24. The van der Waals surface area contributed by atoms with Gasteiger partial charge in [-0.15, -0.1) is 0 Å². The Morgan fingerprint density at radius 2 is 2.27 bits per heavy atom. The highest BCUT2D eigenvalue weighted by Gasteiger charge is 2.22. The molecule has 116 valence electrons. The van der Waals surface area contributed by atoms with Gasteiger partial charge in [-0.3, -0.25) is 14.5 Å². The number of amides is 1. The van der Waals surface area contributed by atoms with Crippen molar-refractivity contribution >= 4 is 5.91 Å². The molecule has 3 rings (SSSR count). The number of rotatable bonds is 3. The number of hydrogen-bond donors (Lipinski definition) is 0. The van der Waals surface area contributed by atoms with E-state index in [9.17, 15) is 4.79 Å². The molecule has 1 atom stereocenters. The molecule has 1 aliphatic rings. The predicted molar refractivity (Wildman–Crippen MR) is 82.9 cm³/mol. The van der Waals surface area contributed by atoms with Crippen LogP contribution in [0.3, 0.4) is 0 Å². The molecule has 1 fully saturated rings. The van der Waals surface area contributed by atoms with Gasteiger partial charge in [-0.05, 0) is 31.2 Å². The smallest absolute Gasteiger partial charge is 0.219 e. The second-order valence-electron chi connectivity index (χ2n) is 5.91. The fraction of sp³-hybridized carbons (Fsp3) is 0.500. The third-order valence-corrected chi connectivity index (χ3v) is 4.23. The zero-order chi connectivity index (χ0) is 15.5. The summed E-state index contributed by atoms with van der Waals surface area (Å²) >= 11 is 0. The van der Waals surface area contributed by atoms with Crippen molar-refractivity contribution in [2.45, 2.75) is 26.2 Å². The van der Waals surface area contributed by atoms with Crippen molar-refractivity contribution in [3.8, 4) is 11.4 Å². The van der Waals surface area contributed by atoms with E-state index in [0.29, 0.717) is 5.92 Å². The topological polar surface area (TPSA) is 63.9 Å². The molecule has 22 heavy (non-hydrogen) atoms. The first-order chi connectivity index (χ1) is 10.6. The Labute approximate surface area is 130 Å². The Balaban J connectivity index is 1.73. The van der Waals surface area contributed by atoms with E-state index in [1.807, 2.05) is 24.2 Å². The molecule has 0 N–H and O–H groups in total. The maximum Gasteiger partial charge on any atom is 0.219 e. The van der Waals surface area contributed by atoms with E-state index in [1.165, 1.54) is 0 Å². The van der Waals surface area contributed by atoms with E-state index in [2.05, 4.69) is 10.1 Å². The summed E-state index contributed by atoms with van der Waals surface area (Å²) in [6.07, 6.45) is 8.42. The molecule has 0 unspecified atom stereocenters. The lowest BCUT2D eigenvalue weighted by molar-refractivity contribution is -0.130. The third-order valence-electron chi connectivity index (χ3n) is 4.23. The van der Waals surface area contributed by atoms with Crippen molar-refractivity contribution in [3.63, 3.8) is 0 Å². The Kier molecular flexibility index (Phi) is 4.18. The van der Waals surface area contributed by atoms with E-state index in [0.717, 1.165) is 49.4 Å². The average Bonchev–Trinajstić information content (AvgIpc) is 2.94. The minimum Gasteiger partial charge on any atom is -0.343 e. The van der Waals surface area contributed by atoms with Gasteiger partial charge in [-0.1, -0.05) is 0 Å². The molecule has 2 aromatic rings. The molecule has 3 heterocycles. The van der Waals surface area contributed by atoms with Gasteiger partial charge < -0.3 is 4.90 Å². The van der Waals surface area contributed by atoms with Crippen molar-refractivity contribution in [2.24, 2.45) is 13.0 Å². The molecule has 0 spiro atoms. The molecule has 1 amide bonds. The number of carbonyl (C=O) groups excluding carboxylic acids is 1. The largest absolute Gasteiger partial charge is 0.343 e. The summed E-state index contributed by atoms with van der Waals surface area (Å²) in [5.41, 5.74) is 2.79. The van der Waals surface area contributed by atoms with Crippen LogP contribution in [0.2, 0.25) is 0 Å². The van der Waals surface area contributed by atoms with E-state index in [4.69, 9.17) is 4.98 Å². The monoisotopic (exact) mass is 299 g/mol. The SMILES string of the molecule is CC(=O)N1CCC[C@H](Cc2cncc(-c3ccnn3C)n2)C1. The molecule has 6 nitrogen and oxygen atoms in total. The predicted octanol–water partition coefficient (Wildman–Crippen LogP) is 1.68. The highest BCUT2D eigenvalue weighted by molar-refractivity contribution is 5.73. The lowest BCUT2D eigenvalue weighted by Gasteiger charge is -2.31. The van der Waals surface area contributed by atoms with Crippen LogP contribution in [0.1, 0.15) is 25.5 Å². The van der Waals surface area contributed by atoms with Gasteiger partial charge >= 0.3 is 0 Å². The van der Waals surface area contributed by atoms with E-state index in [1.54, 1.807) is 24.0 Å². The van der Waals surface area contributed by atoms with Crippen molar-refractivity contribution in [2.75, 3.05) is 13.1 Å². The first-order valence-electron chi connectivity index (χ1n) is 7.68. The normalized spacial score (nSPS) is 18.5. The van der Waals surface area contributed by atoms with Crippen molar-refractivity contribution in [1.29, 1.82) is 0 Å². The molecule has 0 saturated carbocycles. The minimum absolute atomic E-state index is 0.166. The first kappa shape index (κ1) is 14.7. The summed E-state index contributed by atoms with van der Waals surface area (Å²) in [7, 11) is 1.90. The van der Waals surface area contributed by atoms with E-state index < -0.39 is 0 Å². The van der Waals surface area contributed by atoms with Gasteiger partial charge in [-0.25, -0.2) is 4.98 Å². The van der Waals surface area contributed by atoms with Crippen LogP contribution in [0.25, 0.3) is 11.4 Å². The maximum atomic E-state index is 11.5. The molecule has 1 aliphatic heterocycles. The second kappa shape index (κ2) is 6.25. The van der Waals surface area contributed by atoms with Crippen LogP contribution in [0.4, 0.5) is 0 Å². The molecule has 2 aromatic heterocycles.